The molecule has 2 aromatic heterocycles. The number of rotatable bonds is 7. The summed E-state index contributed by atoms with van der Waals surface area (Å²) in [5, 5.41) is 2.93. The van der Waals surface area contributed by atoms with E-state index in [2.05, 4.69) is 11.6 Å². The van der Waals surface area contributed by atoms with E-state index in [1.54, 1.807) is 54.1 Å². The normalized spacial score (nSPS) is 14.9. The van der Waals surface area contributed by atoms with Gasteiger partial charge in [-0.05, 0) is 42.8 Å². The molecule has 0 N–H and O–H groups in total. The van der Waals surface area contributed by atoms with Crippen LogP contribution in [0.5, 0.6) is 11.5 Å². The molecular formula is C25H19ClN2O5S. The number of ether oxygens (including phenoxy) is 2. The smallest absolute Gasteiger partial charge is 0.297 e. The van der Waals surface area contributed by atoms with E-state index in [4.69, 9.17) is 25.5 Å². The number of carbonyl (C=O) groups excluding carboxylic acids is 1. The standard InChI is InChI=1S/C25H19ClN2O5S/c1-3-10-32-18-7-5-14(12-19(18)31-4-2)21-20-22(29)16-13-15(26)6-8-17(16)33-23(20)24(30)28(21)25-27-9-11-34-25/h3,5-9,11-13,21H,1,4,10H2,2H3. The number of fused-ring (bicyclic) bond motifs is 2. The summed E-state index contributed by atoms with van der Waals surface area (Å²) in [6.45, 7) is 6.26. The third-order valence-corrected chi connectivity index (χ3v) is 6.40. The molecule has 3 heterocycles. The Morgan fingerprint density at radius 1 is 1.21 bits per heavy atom. The molecule has 2 aromatic carbocycles. The number of anilines is 1. The molecule has 0 bridgehead atoms. The van der Waals surface area contributed by atoms with E-state index >= 15 is 0 Å². The highest BCUT2D eigenvalue weighted by atomic mass is 35.5. The van der Waals surface area contributed by atoms with E-state index in [1.807, 2.05) is 6.92 Å². The van der Waals surface area contributed by atoms with Crippen molar-refractivity contribution in [2.24, 2.45) is 0 Å². The lowest BCUT2D eigenvalue weighted by molar-refractivity contribution is 0.0971. The van der Waals surface area contributed by atoms with Crippen LogP contribution in [0.25, 0.3) is 11.0 Å². The Hall–Kier alpha value is -3.62. The maximum atomic E-state index is 13.7. The van der Waals surface area contributed by atoms with Gasteiger partial charge in [0.15, 0.2) is 22.1 Å². The number of benzene rings is 2. The molecule has 9 heteroatoms. The Morgan fingerprint density at radius 3 is 2.79 bits per heavy atom. The summed E-state index contributed by atoms with van der Waals surface area (Å²) in [5.74, 6) is 0.585. The average molecular weight is 495 g/mol. The molecule has 0 saturated heterocycles. The first kappa shape index (κ1) is 22.2. The van der Waals surface area contributed by atoms with Crippen LogP contribution in [0.1, 0.15) is 34.6 Å². The molecule has 0 aliphatic carbocycles. The molecule has 1 aliphatic rings. The SMILES string of the molecule is C=CCOc1ccc(C2c3c(oc4ccc(Cl)cc4c3=O)C(=O)N2c2nccs2)cc1OCC. The van der Waals surface area contributed by atoms with E-state index in [0.29, 0.717) is 51.4 Å². The Balaban J connectivity index is 1.75. The van der Waals surface area contributed by atoms with Crippen molar-refractivity contribution in [3.63, 3.8) is 0 Å². The molecule has 7 nitrogen and oxygen atoms in total. The molecule has 0 spiro atoms. The van der Waals surface area contributed by atoms with Crippen LogP contribution in [0.2, 0.25) is 5.02 Å². The summed E-state index contributed by atoms with van der Waals surface area (Å²) < 4.78 is 17.5. The molecule has 1 unspecified atom stereocenters. The predicted molar refractivity (Wildman–Crippen MR) is 132 cm³/mol. The van der Waals surface area contributed by atoms with Gasteiger partial charge >= 0.3 is 0 Å². The third kappa shape index (κ3) is 3.65. The van der Waals surface area contributed by atoms with Crippen molar-refractivity contribution in [1.82, 2.24) is 4.98 Å². The second-order valence-electron chi connectivity index (χ2n) is 7.45. The summed E-state index contributed by atoms with van der Waals surface area (Å²) in [6, 6.07) is 9.33. The topological polar surface area (TPSA) is 81.9 Å². The maximum absolute atomic E-state index is 13.7. The van der Waals surface area contributed by atoms with Crippen LogP contribution < -0.4 is 19.8 Å². The molecule has 0 radical (unpaired) electrons. The summed E-state index contributed by atoms with van der Waals surface area (Å²) in [6.07, 6.45) is 3.25. The van der Waals surface area contributed by atoms with Crippen LogP contribution in [-0.4, -0.2) is 24.1 Å². The number of halogens is 1. The van der Waals surface area contributed by atoms with Gasteiger partial charge in [0.05, 0.1) is 23.6 Å². The molecule has 34 heavy (non-hydrogen) atoms. The summed E-state index contributed by atoms with van der Waals surface area (Å²) in [5.41, 5.74) is 0.869. The van der Waals surface area contributed by atoms with Gasteiger partial charge < -0.3 is 13.9 Å². The Bertz CT molecular complexity index is 1460. The van der Waals surface area contributed by atoms with Crippen LogP contribution in [0, 0.1) is 0 Å². The number of amides is 1. The minimum Gasteiger partial charge on any atom is -0.490 e. The van der Waals surface area contributed by atoms with Crippen molar-refractivity contribution in [1.29, 1.82) is 0 Å². The van der Waals surface area contributed by atoms with Crippen molar-refractivity contribution in [3.8, 4) is 11.5 Å². The van der Waals surface area contributed by atoms with Crippen LogP contribution in [0.4, 0.5) is 5.13 Å². The number of aromatic nitrogens is 1. The fourth-order valence-corrected chi connectivity index (χ4v) is 4.86. The lowest BCUT2D eigenvalue weighted by Gasteiger charge is -2.23. The molecule has 0 saturated carbocycles. The first-order chi connectivity index (χ1) is 16.5. The largest absolute Gasteiger partial charge is 0.490 e. The highest BCUT2D eigenvalue weighted by Crippen LogP contribution is 2.43. The van der Waals surface area contributed by atoms with Gasteiger partial charge in [-0.2, -0.15) is 0 Å². The van der Waals surface area contributed by atoms with E-state index < -0.39 is 11.9 Å². The minimum absolute atomic E-state index is 0.00929. The van der Waals surface area contributed by atoms with Crippen LogP contribution >= 0.6 is 22.9 Å². The molecule has 4 aromatic rings. The van der Waals surface area contributed by atoms with Crippen molar-refractivity contribution in [2.75, 3.05) is 18.1 Å². The Labute approximate surface area is 203 Å². The van der Waals surface area contributed by atoms with Crippen molar-refractivity contribution < 1.29 is 18.7 Å². The molecule has 1 amide bonds. The summed E-state index contributed by atoms with van der Waals surface area (Å²) in [7, 11) is 0. The molecule has 1 aliphatic heterocycles. The Morgan fingerprint density at radius 2 is 2.06 bits per heavy atom. The second kappa shape index (κ2) is 8.96. The molecule has 172 valence electrons. The summed E-state index contributed by atoms with van der Waals surface area (Å²) >= 11 is 7.44. The number of carbonyl (C=O) groups is 1. The monoisotopic (exact) mass is 494 g/mol. The van der Waals surface area contributed by atoms with E-state index in [1.165, 1.54) is 16.2 Å². The lowest BCUT2D eigenvalue weighted by atomic mass is 9.98. The average Bonchev–Trinajstić information content (AvgIpc) is 3.46. The maximum Gasteiger partial charge on any atom is 0.297 e. The molecule has 0 fully saturated rings. The van der Waals surface area contributed by atoms with Crippen LogP contribution in [0.3, 0.4) is 0 Å². The predicted octanol–water partition coefficient (Wildman–Crippen LogP) is 5.62. The van der Waals surface area contributed by atoms with Gasteiger partial charge in [-0.3, -0.25) is 14.5 Å². The number of hydrogen-bond acceptors (Lipinski definition) is 7. The van der Waals surface area contributed by atoms with Gasteiger partial charge in [-0.25, -0.2) is 4.98 Å². The quantitative estimate of drug-likeness (QED) is 0.310. The highest BCUT2D eigenvalue weighted by molar-refractivity contribution is 7.13. The van der Waals surface area contributed by atoms with Gasteiger partial charge in [0.1, 0.15) is 12.2 Å². The second-order valence-corrected chi connectivity index (χ2v) is 8.76. The van der Waals surface area contributed by atoms with Crippen LogP contribution in [0.15, 0.2) is 69.8 Å². The van der Waals surface area contributed by atoms with E-state index in [-0.39, 0.29) is 16.8 Å². The molecular weight excluding hydrogens is 476 g/mol. The Kier molecular flexibility index (Phi) is 5.85. The zero-order chi connectivity index (χ0) is 23.8. The fourth-order valence-electron chi connectivity index (χ4n) is 4.02. The van der Waals surface area contributed by atoms with Gasteiger partial charge in [0.2, 0.25) is 5.76 Å². The first-order valence-corrected chi connectivity index (χ1v) is 11.8. The van der Waals surface area contributed by atoms with Crippen LogP contribution in [-0.2, 0) is 0 Å². The molecule has 5 rings (SSSR count). The lowest BCUT2D eigenvalue weighted by Crippen LogP contribution is -2.29. The highest BCUT2D eigenvalue weighted by Gasteiger charge is 2.45. The fraction of sp³-hybridized carbons (Fsp3) is 0.160. The molecule has 1 atom stereocenters. The van der Waals surface area contributed by atoms with Crippen molar-refractivity contribution in [2.45, 2.75) is 13.0 Å². The van der Waals surface area contributed by atoms with Gasteiger partial charge in [0, 0.05) is 16.6 Å². The zero-order valence-electron chi connectivity index (χ0n) is 18.1. The van der Waals surface area contributed by atoms with Gasteiger partial charge in [0.25, 0.3) is 5.91 Å². The van der Waals surface area contributed by atoms with E-state index in [9.17, 15) is 9.59 Å². The number of thiazole rings is 1. The number of nitrogens with zero attached hydrogens (tertiary/aromatic N) is 2. The minimum atomic E-state index is -0.763. The van der Waals surface area contributed by atoms with Crippen molar-refractivity contribution >= 4 is 44.9 Å². The first-order valence-electron chi connectivity index (χ1n) is 10.5. The van der Waals surface area contributed by atoms with Gasteiger partial charge in [-0.1, -0.05) is 30.3 Å². The zero-order valence-corrected chi connectivity index (χ0v) is 19.7. The third-order valence-electron chi connectivity index (χ3n) is 5.40. The van der Waals surface area contributed by atoms with E-state index in [0.717, 1.165) is 0 Å². The van der Waals surface area contributed by atoms with Gasteiger partial charge in [-0.15, -0.1) is 11.3 Å². The number of hydrogen-bond donors (Lipinski definition) is 0. The van der Waals surface area contributed by atoms with Crippen molar-refractivity contribution in [3.05, 3.63) is 92.8 Å². The summed E-state index contributed by atoms with van der Waals surface area (Å²) in [4.78, 5) is 33.0.